The number of esters is 1. The van der Waals surface area contributed by atoms with Gasteiger partial charge in [0, 0.05) is 18.3 Å². The molecule has 0 aromatic carbocycles. The molecule has 2 rings (SSSR count). The quantitative estimate of drug-likeness (QED) is 0.695. The van der Waals surface area contributed by atoms with Gasteiger partial charge in [-0.15, -0.1) is 11.3 Å². The highest BCUT2D eigenvalue weighted by molar-refractivity contribution is 7.10. The number of methoxy groups -OCH3 is 1. The van der Waals surface area contributed by atoms with Crippen molar-refractivity contribution in [2.24, 2.45) is 0 Å². The first kappa shape index (κ1) is 11.1. The molecule has 4 nitrogen and oxygen atoms in total. The van der Waals surface area contributed by atoms with E-state index in [1.54, 1.807) is 16.2 Å². The van der Waals surface area contributed by atoms with Crippen molar-refractivity contribution in [3.63, 3.8) is 0 Å². The van der Waals surface area contributed by atoms with Gasteiger partial charge in [0.2, 0.25) is 5.91 Å². The highest BCUT2D eigenvalue weighted by Crippen LogP contribution is 2.33. The Balaban J connectivity index is 2.41. The fraction of sp³-hybridized carbons (Fsp3) is 0.455. The summed E-state index contributed by atoms with van der Waals surface area (Å²) in [4.78, 5) is 26.0. The van der Waals surface area contributed by atoms with Crippen molar-refractivity contribution in [3.05, 3.63) is 21.9 Å². The molecule has 5 heteroatoms. The van der Waals surface area contributed by atoms with Crippen LogP contribution < -0.4 is 0 Å². The van der Waals surface area contributed by atoms with Gasteiger partial charge in [-0.1, -0.05) is 0 Å². The van der Waals surface area contributed by atoms with Crippen LogP contribution in [-0.2, 0) is 20.7 Å². The third-order valence-corrected chi connectivity index (χ3v) is 3.79. The lowest BCUT2D eigenvalue weighted by Crippen LogP contribution is -2.42. The number of thiophene rings is 1. The molecule has 0 N–H and O–H groups in total. The lowest BCUT2D eigenvalue weighted by molar-refractivity contribution is -0.153. The van der Waals surface area contributed by atoms with Gasteiger partial charge in [-0.25, -0.2) is 4.79 Å². The maximum atomic E-state index is 11.7. The van der Waals surface area contributed by atoms with E-state index in [0.29, 0.717) is 6.54 Å². The second-order valence-corrected chi connectivity index (χ2v) is 4.69. The van der Waals surface area contributed by atoms with Crippen LogP contribution in [0.5, 0.6) is 0 Å². The molecule has 1 amide bonds. The second kappa shape index (κ2) is 4.25. The minimum atomic E-state index is -0.558. The van der Waals surface area contributed by atoms with Gasteiger partial charge < -0.3 is 9.64 Å². The molecule has 0 fully saturated rings. The van der Waals surface area contributed by atoms with Crippen LogP contribution in [0.3, 0.4) is 0 Å². The number of hydrogen-bond donors (Lipinski definition) is 0. The Hall–Kier alpha value is -1.36. The van der Waals surface area contributed by atoms with Gasteiger partial charge in [0.05, 0.1) is 7.11 Å². The van der Waals surface area contributed by atoms with Crippen LogP contribution in [0.4, 0.5) is 0 Å². The summed E-state index contributed by atoms with van der Waals surface area (Å²) in [6.07, 6.45) is 0.820. The Kier molecular flexibility index (Phi) is 2.96. The van der Waals surface area contributed by atoms with Crippen molar-refractivity contribution < 1.29 is 14.3 Å². The predicted octanol–water partition coefficient (Wildman–Crippen LogP) is 1.37. The minimum Gasteiger partial charge on any atom is -0.467 e. The number of carbonyl (C=O) groups is 2. The maximum Gasteiger partial charge on any atom is 0.333 e. The summed E-state index contributed by atoms with van der Waals surface area (Å²) in [5.74, 6) is -0.457. The van der Waals surface area contributed by atoms with E-state index in [-0.39, 0.29) is 11.9 Å². The van der Waals surface area contributed by atoms with E-state index >= 15 is 0 Å². The van der Waals surface area contributed by atoms with E-state index < -0.39 is 6.04 Å². The molecule has 86 valence electrons. The van der Waals surface area contributed by atoms with Gasteiger partial charge in [-0.2, -0.15) is 0 Å². The average molecular weight is 239 g/mol. The molecule has 2 heterocycles. The number of fused-ring (bicyclic) bond motifs is 1. The zero-order chi connectivity index (χ0) is 11.7. The average Bonchev–Trinajstić information content (AvgIpc) is 2.74. The van der Waals surface area contributed by atoms with Gasteiger partial charge >= 0.3 is 5.97 Å². The van der Waals surface area contributed by atoms with Crippen LogP contribution in [0.1, 0.15) is 23.4 Å². The molecule has 1 aliphatic heterocycles. The molecular weight excluding hydrogens is 226 g/mol. The first-order valence-corrected chi connectivity index (χ1v) is 5.94. The van der Waals surface area contributed by atoms with E-state index in [0.717, 1.165) is 12.0 Å². The monoisotopic (exact) mass is 239 g/mol. The summed E-state index contributed by atoms with van der Waals surface area (Å²) < 4.78 is 4.77. The Morgan fingerprint density at radius 1 is 1.56 bits per heavy atom. The van der Waals surface area contributed by atoms with Crippen LogP contribution >= 0.6 is 11.3 Å². The van der Waals surface area contributed by atoms with Crippen molar-refractivity contribution in [2.75, 3.05) is 13.7 Å². The summed E-state index contributed by atoms with van der Waals surface area (Å²) in [7, 11) is 1.35. The van der Waals surface area contributed by atoms with E-state index in [1.165, 1.54) is 18.9 Å². The van der Waals surface area contributed by atoms with Crippen LogP contribution in [0, 0.1) is 0 Å². The van der Waals surface area contributed by atoms with Crippen LogP contribution in [0.25, 0.3) is 0 Å². The normalized spacial score (nSPS) is 19.1. The van der Waals surface area contributed by atoms with Gasteiger partial charge in [0.25, 0.3) is 0 Å². The summed E-state index contributed by atoms with van der Waals surface area (Å²) in [6.45, 7) is 2.07. The molecule has 1 aromatic rings. The van der Waals surface area contributed by atoms with Gasteiger partial charge in [0.1, 0.15) is 0 Å². The Morgan fingerprint density at radius 2 is 2.31 bits per heavy atom. The molecule has 1 aromatic heterocycles. The van der Waals surface area contributed by atoms with Crippen LogP contribution in [0.15, 0.2) is 11.4 Å². The van der Waals surface area contributed by atoms with Gasteiger partial charge in [0.15, 0.2) is 6.04 Å². The second-order valence-electron chi connectivity index (χ2n) is 3.69. The summed E-state index contributed by atoms with van der Waals surface area (Å²) in [5.41, 5.74) is 0.915. The molecule has 1 aliphatic rings. The minimum absolute atomic E-state index is 0.0905. The topological polar surface area (TPSA) is 46.6 Å². The summed E-state index contributed by atoms with van der Waals surface area (Å²) in [5, 5.41) is 1.95. The zero-order valence-electron chi connectivity index (χ0n) is 9.23. The van der Waals surface area contributed by atoms with Crippen molar-refractivity contribution in [3.8, 4) is 0 Å². The standard InChI is InChI=1S/C11H13NO3S/c1-7(13)12-5-3-9-8(4-6-16-9)10(12)11(14)15-2/h4,6,10H,3,5H2,1-2H3. The molecule has 0 saturated carbocycles. The lowest BCUT2D eigenvalue weighted by Gasteiger charge is -2.33. The SMILES string of the molecule is COC(=O)C1c2ccsc2CCN1C(C)=O. The van der Waals surface area contributed by atoms with E-state index in [4.69, 9.17) is 4.74 Å². The molecule has 0 aliphatic carbocycles. The fourth-order valence-corrected chi connectivity index (χ4v) is 2.93. The molecule has 1 atom stereocenters. The number of hydrogen-bond acceptors (Lipinski definition) is 4. The number of ether oxygens (including phenoxy) is 1. The van der Waals surface area contributed by atoms with E-state index in [1.807, 2.05) is 11.4 Å². The highest BCUT2D eigenvalue weighted by atomic mass is 32.1. The van der Waals surface area contributed by atoms with Crippen molar-refractivity contribution in [1.29, 1.82) is 0 Å². The van der Waals surface area contributed by atoms with Crippen LogP contribution in [-0.4, -0.2) is 30.4 Å². The van der Waals surface area contributed by atoms with Gasteiger partial charge in [-0.05, 0) is 23.4 Å². The first-order valence-electron chi connectivity index (χ1n) is 5.06. The highest BCUT2D eigenvalue weighted by Gasteiger charge is 2.35. The smallest absolute Gasteiger partial charge is 0.333 e. The first-order chi connectivity index (χ1) is 7.65. The number of carbonyl (C=O) groups excluding carboxylic acids is 2. The molecule has 1 unspecified atom stereocenters. The third-order valence-electron chi connectivity index (χ3n) is 2.79. The summed E-state index contributed by atoms with van der Waals surface area (Å²) >= 11 is 1.63. The van der Waals surface area contributed by atoms with Crippen molar-refractivity contribution in [2.45, 2.75) is 19.4 Å². The molecule has 0 spiro atoms. The fourth-order valence-electron chi connectivity index (χ4n) is 2.02. The zero-order valence-corrected chi connectivity index (χ0v) is 10.0. The molecule has 0 saturated heterocycles. The Morgan fingerprint density at radius 3 is 2.94 bits per heavy atom. The molecule has 0 bridgehead atoms. The predicted molar refractivity (Wildman–Crippen MR) is 60.2 cm³/mol. The number of rotatable bonds is 1. The number of nitrogens with zero attached hydrogens (tertiary/aromatic N) is 1. The largest absolute Gasteiger partial charge is 0.467 e. The van der Waals surface area contributed by atoms with Crippen molar-refractivity contribution >= 4 is 23.2 Å². The van der Waals surface area contributed by atoms with Crippen molar-refractivity contribution in [1.82, 2.24) is 4.90 Å². The maximum absolute atomic E-state index is 11.7. The molecule has 16 heavy (non-hydrogen) atoms. The Bertz CT molecular complexity index is 427. The lowest BCUT2D eigenvalue weighted by atomic mass is 10.00. The number of amides is 1. The van der Waals surface area contributed by atoms with E-state index in [2.05, 4.69) is 0 Å². The summed E-state index contributed by atoms with van der Waals surface area (Å²) in [6, 6.07) is 1.34. The van der Waals surface area contributed by atoms with Gasteiger partial charge in [-0.3, -0.25) is 4.79 Å². The Labute approximate surface area is 97.8 Å². The third kappa shape index (κ3) is 1.71. The molecule has 0 radical (unpaired) electrons. The molecular formula is C11H13NO3S. The van der Waals surface area contributed by atoms with Crippen LogP contribution in [0.2, 0.25) is 0 Å². The van der Waals surface area contributed by atoms with E-state index in [9.17, 15) is 9.59 Å².